The summed E-state index contributed by atoms with van der Waals surface area (Å²) >= 11 is 0.470. The van der Waals surface area contributed by atoms with Crippen LogP contribution in [0.4, 0.5) is 37.7 Å². The molecule has 27 heavy (non-hydrogen) atoms. The monoisotopic (exact) mass is 418 g/mol. The normalized spacial score (nSPS) is 19.3. The van der Waals surface area contributed by atoms with Gasteiger partial charge in [-0.05, 0) is 24.5 Å². The Kier molecular flexibility index (Phi) is 5.91. The molecule has 0 spiro atoms. The molecular formula is C15H16F6N2O3S. The quantitative estimate of drug-likeness (QED) is 0.407. The molecule has 2 N–H and O–H groups in total. The van der Waals surface area contributed by atoms with Gasteiger partial charge in [0.25, 0.3) is 5.69 Å². The summed E-state index contributed by atoms with van der Waals surface area (Å²) in [4.78, 5) is 9.83. The van der Waals surface area contributed by atoms with Crippen molar-refractivity contribution in [1.82, 2.24) is 0 Å². The predicted octanol–water partition coefficient (Wildman–Crippen LogP) is 4.39. The van der Waals surface area contributed by atoms with Crippen LogP contribution in [0, 0.1) is 10.1 Å². The van der Waals surface area contributed by atoms with Crippen molar-refractivity contribution in [2.24, 2.45) is 0 Å². The fraction of sp³-hybridized carbons (Fsp3) is 0.600. The molecule has 0 aromatic heterocycles. The number of fused-ring (bicyclic) bond motifs is 1. The van der Waals surface area contributed by atoms with Gasteiger partial charge in [0.1, 0.15) is 5.56 Å². The van der Waals surface area contributed by atoms with Crippen LogP contribution in [0.2, 0.25) is 0 Å². The first-order valence-electron chi connectivity index (χ1n) is 7.79. The van der Waals surface area contributed by atoms with E-state index in [0.29, 0.717) is 17.8 Å². The zero-order chi connectivity index (χ0) is 20.6. The lowest BCUT2D eigenvalue weighted by atomic mass is 9.91. The van der Waals surface area contributed by atoms with E-state index < -0.39 is 45.9 Å². The van der Waals surface area contributed by atoms with Gasteiger partial charge in [-0.25, -0.2) is 0 Å². The Labute approximate surface area is 154 Å². The molecule has 0 amide bonds. The van der Waals surface area contributed by atoms with E-state index in [4.69, 9.17) is 0 Å². The molecule has 2 rings (SSSR count). The minimum absolute atomic E-state index is 0.0226. The second-order valence-electron chi connectivity index (χ2n) is 6.25. The molecule has 0 fully saturated rings. The summed E-state index contributed by atoms with van der Waals surface area (Å²) in [6.45, 7) is 1.54. The minimum Gasteiger partial charge on any atom is -0.387 e. The number of nitro benzene ring substituents is 1. The van der Waals surface area contributed by atoms with Gasteiger partial charge in [-0.15, -0.1) is 11.8 Å². The van der Waals surface area contributed by atoms with E-state index >= 15 is 0 Å². The number of alkyl halides is 6. The van der Waals surface area contributed by atoms with Crippen molar-refractivity contribution in [3.63, 3.8) is 0 Å². The number of rotatable bonds is 6. The number of halogens is 6. The Morgan fingerprint density at radius 1 is 1.26 bits per heavy atom. The Balaban J connectivity index is 2.26. The van der Waals surface area contributed by atoms with Gasteiger partial charge >= 0.3 is 12.4 Å². The van der Waals surface area contributed by atoms with E-state index in [1.165, 1.54) is 0 Å². The highest BCUT2D eigenvalue weighted by Crippen LogP contribution is 2.43. The molecule has 1 aromatic carbocycles. The molecule has 0 saturated heterocycles. The molecule has 1 aliphatic heterocycles. The number of anilines is 1. The van der Waals surface area contributed by atoms with E-state index in [2.05, 4.69) is 5.32 Å². The molecular weight excluding hydrogens is 402 g/mol. The summed E-state index contributed by atoms with van der Waals surface area (Å²) in [5.74, 6) is -1.46. The highest BCUT2D eigenvalue weighted by molar-refractivity contribution is 7.99. The molecule has 1 heterocycles. The van der Waals surface area contributed by atoms with Crippen LogP contribution < -0.4 is 5.32 Å². The molecule has 2 atom stereocenters. The van der Waals surface area contributed by atoms with E-state index in [-0.39, 0.29) is 29.8 Å². The number of nitrogens with one attached hydrogen (secondary N) is 1. The van der Waals surface area contributed by atoms with E-state index in [0.717, 1.165) is 6.07 Å². The van der Waals surface area contributed by atoms with Crippen molar-refractivity contribution in [2.45, 2.75) is 43.8 Å². The number of hydrogen-bond donors (Lipinski definition) is 2. The zero-order valence-electron chi connectivity index (χ0n) is 13.9. The van der Waals surface area contributed by atoms with Crippen LogP contribution in [0.15, 0.2) is 12.1 Å². The molecule has 0 aliphatic carbocycles. The fourth-order valence-electron chi connectivity index (χ4n) is 2.89. The van der Waals surface area contributed by atoms with Crippen molar-refractivity contribution < 1.29 is 36.4 Å². The largest absolute Gasteiger partial charge is 0.423 e. The molecule has 0 radical (unpaired) electrons. The van der Waals surface area contributed by atoms with Crippen molar-refractivity contribution in [3.05, 3.63) is 33.4 Å². The molecule has 12 heteroatoms. The first-order chi connectivity index (χ1) is 12.3. The van der Waals surface area contributed by atoms with E-state index in [1.807, 2.05) is 0 Å². The lowest BCUT2D eigenvalue weighted by Crippen LogP contribution is -2.48. The van der Waals surface area contributed by atoms with Crippen molar-refractivity contribution in [1.29, 1.82) is 0 Å². The van der Waals surface area contributed by atoms with Crippen LogP contribution in [-0.4, -0.2) is 39.4 Å². The fourth-order valence-corrected chi connectivity index (χ4v) is 3.98. The molecule has 152 valence electrons. The van der Waals surface area contributed by atoms with Gasteiger partial charge in [0.05, 0.1) is 22.3 Å². The third kappa shape index (κ3) is 4.98. The lowest BCUT2D eigenvalue weighted by molar-refractivity contribution is -0.388. The first-order valence-corrected chi connectivity index (χ1v) is 8.94. The number of hydrogen-bond acceptors (Lipinski definition) is 5. The Bertz CT molecular complexity index is 725. The summed E-state index contributed by atoms with van der Waals surface area (Å²) in [6, 6.07) is 0.539. The van der Waals surface area contributed by atoms with Crippen molar-refractivity contribution in [3.8, 4) is 0 Å². The smallest absolute Gasteiger partial charge is 0.387 e. The Morgan fingerprint density at radius 2 is 1.89 bits per heavy atom. The maximum absolute atomic E-state index is 13.1. The maximum Gasteiger partial charge on any atom is 0.423 e. The van der Waals surface area contributed by atoms with Gasteiger partial charge in [-0.1, -0.05) is 6.92 Å². The van der Waals surface area contributed by atoms with Gasteiger partial charge in [0, 0.05) is 17.5 Å². The summed E-state index contributed by atoms with van der Waals surface area (Å²) in [7, 11) is 0. The van der Waals surface area contributed by atoms with E-state index in [1.54, 1.807) is 6.92 Å². The first kappa shape index (κ1) is 21.6. The van der Waals surface area contributed by atoms with E-state index in [9.17, 15) is 41.6 Å². The Hall–Kier alpha value is -1.69. The van der Waals surface area contributed by atoms with Gasteiger partial charge < -0.3 is 10.4 Å². The van der Waals surface area contributed by atoms with Crippen LogP contribution in [0.1, 0.15) is 24.5 Å². The Morgan fingerprint density at radius 3 is 2.37 bits per heavy atom. The second kappa shape index (κ2) is 7.38. The van der Waals surface area contributed by atoms with Gasteiger partial charge in [-0.2, -0.15) is 26.3 Å². The summed E-state index contributed by atoms with van der Waals surface area (Å²) in [5.41, 5.74) is -3.97. The number of benzene rings is 1. The average molecular weight is 418 g/mol. The number of thioether (sulfide) groups is 1. The maximum atomic E-state index is 13.1. The average Bonchev–Trinajstić information content (AvgIpc) is 2.95. The van der Waals surface area contributed by atoms with Crippen LogP contribution in [0.3, 0.4) is 0 Å². The van der Waals surface area contributed by atoms with Gasteiger partial charge in [0.15, 0.2) is 0 Å². The molecule has 1 aliphatic rings. The highest BCUT2D eigenvalue weighted by atomic mass is 32.2. The molecule has 0 saturated carbocycles. The molecule has 1 aromatic rings. The third-order valence-corrected chi connectivity index (χ3v) is 5.59. The summed E-state index contributed by atoms with van der Waals surface area (Å²) in [5, 5.41) is 24.3. The minimum atomic E-state index is -4.94. The number of aliphatic hydroxyl groups is 1. The lowest BCUT2D eigenvalue weighted by Gasteiger charge is -2.33. The van der Waals surface area contributed by atoms with Crippen LogP contribution in [0.25, 0.3) is 0 Å². The molecule has 0 bridgehead atoms. The zero-order valence-corrected chi connectivity index (χ0v) is 14.8. The topological polar surface area (TPSA) is 75.4 Å². The van der Waals surface area contributed by atoms with Gasteiger partial charge in [0.2, 0.25) is 0 Å². The molecule has 2 unspecified atom stereocenters. The van der Waals surface area contributed by atoms with Crippen molar-refractivity contribution >= 4 is 23.1 Å². The number of nitrogens with zero attached hydrogens (tertiary/aromatic N) is 1. The number of nitro groups is 1. The third-order valence-electron chi connectivity index (χ3n) is 4.36. The van der Waals surface area contributed by atoms with Crippen molar-refractivity contribution in [2.75, 3.05) is 16.8 Å². The van der Waals surface area contributed by atoms with Crippen LogP contribution in [-0.2, 0) is 12.6 Å². The molecule has 5 nitrogen and oxygen atoms in total. The van der Waals surface area contributed by atoms with Crippen LogP contribution >= 0.6 is 11.8 Å². The summed E-state index contributed by atoms with van der Waals surface area (Å²) in [6.07, 6.45) is -9.34. The summed E-state index contributed by atoms with van der Waals surface area (Å²) < 4.78 is 76.1. The SMILES string of the molecule is CCC(O)(CSCC(F)(F)F)C1Cc2cc([N+](=O)[O-])c(C(F)(F)F)cc2N1. The van der Waals surface area contributed by atoms with Crippen LogP contribution in [0.5, 0.6) is 0 Å². The van der Waals surface area contributed by atoms with Gasteiger partial charge in [-0.3, -0.25) is 10.1 Å². The highest BCUT2D eigenvalue weighted by Gasteiger charge is 2.44. The predicted molar refractivity (Wildman–Crippen MR) is 87.8 cm³/mol. The second-order valence-corrected chi connectivity index (χ2v) is 7.23. The standard InChI is InChI=1S/C15H16F6N2O3S/c1-2-13(24,6-27-7-14(16,17)18)12-4-8-3-11(23(25)26)9(15(19,20)21)5-10(8)22-12/h3,5,12,22,24H,2,4,6-7H2,1H3.